The highest BCUT2D eigenvalue weighted by molar-refractivity contribution is 5.82. The Bertz CT molecular complexity index is 798. The van der Waals surface area contributed by atoms with Crippen LogP contribution in [0.5, 0.6) is 5.75 Å². The van der Waals surface area contributed by atoms with E-state index in [1.54, 1.807) is 7.11 Å². The van der Waals surface area contributed by atoms with Crippen molar-refractivity contribution in [3.05, 3.63) is 36.0 Å². The van der Waals surface area contributed by atoms with Gasteiger partial charge in [-0.15, -0.1) is 0 Å². The van der Waals surface area contributed by atoms with Crippen LogP contribution in [-0.2, 0) is 11.3 Å². The number of benzene rings is 1. The van der Waals surface area contributed by atoms with Gasteiger partial charge in [-0.1, -0.05) is 32.9 Å². The fraction of sp³-hybridized carbons (Fsp3) is 0.565. The third-order valence-corrected chi connectivity index (χ3v) is 5.29. The second kappa shape index (κ2) is 9.44. The summed E-state index contributed by atoms with van der Waals surface area (Å²) < 4.78 is 10.8. The van der Waals surface area contributed by atoms with E-state index < -0.39 is 0 Å². The predicted octanol–water partition coefficient (Wildman–Crippen LogP) is 4.11. The van der Waals surface area contributed by atoms with Crippen LogP contribution < -0.4 is 10.1 Å². The fourth-order valence-corrected chi connectivity index (χ4v) is 3.98. The molecule has 1 aromatic heterocycles. The van der Waals surface area contributed by atoms with Crippen LogP contribution >= 0.6 is 0 Å². The Balaban J connectivity index is 1.75. The molecule has 3 rings (SSSR count). The molecule has 2 aromatic rings. The van der Waals surface area contributed by atoms with Crippen molar-refractivity contribution in [2.24, 2.45) is 11.8 Å². The Morgan fingerprint density at radius 1 is 1.17 bits per heavy atom. The number of amides is 1. The van der Waals surface area contributed by atoms with Crippen LogP contribution in [0.2, 0.25) is 0 Å². The lowest BCUT2D eigenvalue weighted by Crippen LogP contribution is -2.60. The first-order chi connectivity index (χ1) is 13.9. The third kappa shape index (κ3) is 5.60. The molecule has 29 heavy (non-hydrogen) atoms. The number of nitrogens with zero attached hydrogens (tertiary/aromatic N) is 2. The number of aromatic nitrogens is 1. The summed E-state index contributed by atoms with van der Waals surface area (Å²) in [5, 5.41) is 7.50. The summed E-state index contributed by atoms with van der Waals surface area (Å²) in [5.74, 6) is 2.65. The van der Waals surface area contributed by atoms with Gasteiger partial charge in [0.2, 0.25) is 5.91 Å². The van der Waals surface area contributed by atoms with Gasteiger partial charge in [0.25, 0.3) is 0 Å². The lowest BCUT2D eigenvalue weighted by molar-refractivity contribution is -0.132. The number of piperazine rings is 1. The van der Waals surface area contributed by atoms with Gasteiger partial charge < -0.3 is 14.6 Å². The lowest BCUT2D eigenvalue weighted by atomic mass is 9.95. The van der Waals surface area contributed by atoms with Crippen molar-refractivity contribution in [3.63, 3.8) is 0 Å². The minimum absolute atomic E-state index is 0.125. The van der Waals surface area contributed by atoms with Gasteiger partial charge in [0.05, 0.1) is 18.8 Å². The quantitative estimate of drug-likeness (QED) is 0.723. The zero-order chi connectivity index (χ0) is 21.0. The maximum atomic E-state index is 12.8. The van der Waals surface area contributed by atoms with Gasteiger partial charge in [-0.3, -0.25) is 9.69 Å². The molecule has 1 saturated heterocycles. The average molecular weight is 400 g/mol. The van der Waals surface area contributed by atoms with Crippen molar-refractivity contribution in [1.82, 2.24) is 15.4 Å². The second-order valence-corrected chi connectivity index (χ2v) is 8.82. The summed E-state index contributed by atoms with van der Waals surface area (Å²) in [5.41, 5.74) is 1.81. The highest BCUT2D eigenvalue weighted by Gasteiger charge is 2.35. The monoisotopic (exact) mass is 399 g/mol. The number of nitrogens with one attached hydrogen (secondary N) is 1. The number of carbonyl (C=O) groups is 1. The summed E-state index contributed by atoms with van der Waals surface area (Å²) in [4.78, 5) is 15.1. The lowest BCUT2D eigenvalue weighted by Gasteiger charge is -2.40. The molecule has 1 N–H and O–H groups in total. The minimum Gasteiger partial charge on any atom is -0.497 e. The number of ether oxygens (including phenoxy) is 1. The molecular formula is C23H33N3O3. The molecule has 1 aliphatic heterocycles. The summed E-state index contributed by atoms with van der Waals surface area (Å²) in [7, 11) is 1.65. The van der Waals surface area contributed by atoms with Crippen LogP contribution in [0, 0.1) is 11.8 Å². The van der Waals surface area contributed by atoms with Crippen molar-refractivity contribution in [1.29, 1.82) is 0 Å². The molecular weight excluding hydrogens is 366 g/mol. The van der Waals surface area contributed by atoms with E-state index in [2.05, 4.69) is 43.1 Å². The molecule has 0 saturated carbocycles. The summed E-state index contributed by atoms with van der Waals surface area (Å²) in [6, 6.07) is 9.75. The molecule has 0 radical (unpaired) electrons. The van der Waals surface area contributed by atoms with Crippen LogP contribution in [0.3, 0.4) is 0 Å². The SMILES string of the molecule is COc1ccc(-c2cc(CN3C[C@H](CC(C)C)NC(=O)[C@@H]3CC(C)C)no2)cc1. The molecule has 0 unspecified atom stereocenters. The van der Waals surface area contributed by atoms with Crippen molar-refractivity contribution >= 4 is 5.91 Å². The Kier molecular flexibility index (Phi) is 6.96. The van der Waals surface area contributed by atoms with E-state index in [4.69, 9.17) is 9.26 Å². The molecule has 6 heteroatoms. The van der Waals surface area contributed by atoms with Crippen molar-refractivity contribution < 1.29 is 14.1 Å². The second-order valence-electron chi connectivity index (χ2n) is 8.82. The Morgan fingerprint density at radius 2 is 1.86 bits per heavy atom. The molecule has 0 aliphatic carbocycles. The molecule has 1 amide bonds. The van der Waals surface area contributed by atoms with E-state index in [0.717, 1.165) is 42.2 Å². The highest BCUT2D eigenvalue weighted by Crippen LogP contribution is 2.25. The molecule has 158 valence electrons. The number of hydrogen-bond acceptors (Lipinski definition) is 5. The van der Waals surface area contributed by atoms with E-state index >= 15 is 0 Å². The first-order valence-electron chi connectivity index (χ1n) is 10.5. The minimum atomic E-state index is -0.125. The van der Waals surface area contributed by atoms with E-state index in [1.165, 1.54) is 0 Å². The third-order valence-electron chi connectivity index (χ3n) is 5.29. The van der Waals surface area contributed by atoms with Crippen LogP contribution in [0.4, 0.5) is 0 Å². The fourth-order valence-electron chi connectivity index (χ4n) is 3.98. The van der Waals surface area contributed by atoms with Gasteiger partial charge in [0, 0.05) is 30.8 Å². The van der Waals surface area contributed by atoms with Crippen LogP contribution in [0.15, 0.2) is 34.9 Å². The molecule has 2 heterocycles. The molecule has 0 bridgehead atoms. The molecule has 0 spiro atoms. The summed E-state index contributed by atoms with van der Waals surface area (Å²) >= 11 is 0. The van der Waals surface area contributed by atoms with Crippen molar-refractivity contribution in [2.45, 2.75) is 59.2 Å². The Hall–Kier alpha value is -2.34. The zero-order valence-electron chi connectivity index (χ0n) is 18.1. The number of rotatable bonds is 8. The topological polar surface area (TPSA) is 67.6 Å². The summed E-state index contributed by atoms with van der Waals surface area (Å²) in [6.45, 7) is 10.1. The van der Waals surface area contributed by atoms with Gasteiger partial charge in [-0.2, -0.15) is 0 Å². The van der Waals surface area contributed by atoms with Crippen LogP contribution in [0.1, 0.15) is 46.2 Å². The smallest absolute Gasteiger partial charge is 0.237 e. The van der Waals surface area contributed by atoms with E-state index in [0.29, 0.717) is 18.4 Å². The maximum Gasteiger partial charge on any atom is 0.237 e. The van der Waals surface area contributed by atoms with E-state index in [1.807, 2.05) is 30.3 Å². The van der Waals surface area contributed by atoms with Gasteiger partial charge >= 0.3 is 0 Å². The molecule has 2 atom stereocenters. The van der Waals surface area contributed by atoms with E-state index in [-0.39, 0.29) is 18.0 Å². The maximum absolute atomic E-state index is 12.8. The first kappa shape index (κ1) is 21.4. The number of hydrogen-bond donors (Lipinski definition) is 1. The average Bonchev–Trinajstić information content (AvgIpc) is 3.12. The van der Waals surface area contributed by atoms with Crippen LogP contribution in [0.25, 0.3) is 11.3 Å². The molecule has 1 aliphatic rings. The zero-order valence-corrected chi connectivity index (χ0v) is 18.1. The number of carbonyl (C=O) groups excluding carboxylic acids is 1. The highest BCUT2D eigenvalue weighted by atomic mass is 16.5. The van der Waals surface area contributed by atoms with Gasteiger partial charge in [-0.05, 0) is 48.9 Å². The van der Waals surface area contributed by atoms with Gasteiger partial charge in [-0.25, -0.2) is 0 Å². The van der Waals surface area contributed by atoms with Gasteiger partial charge in [0.1, 0.15) is 5.75 Å². The predicted molar refractivity (Wildman–Crippen MR) is 114 cm³/mol. The summed E-state index contributed by atoms with van der Waals surface area (Å²) in [6.07, 6.45) is 1.82. The Labute approximate surface area is 173 Å². The Morgan fingerprint density at radius 3 is 2.48 bits per heavy atom. The molecule has 1 aromatic carbocycles. The standard InChI is InChI=1S/C23H33N3O3/c1-15(2)10-18-13-26(21(11-16(3)4)23(27)24-18)14-19-12-22(29-25-19)17-6-8-20(28-5)9-7-17/h6-9,12,15-16,18,21H,10-11,13-14H2,1-5H3,(H,24,27)/t18-,21-/m0/s1. The number of methoxy groups -OCH3 is 1. The largest absolute Gasteiger partial charge is 0.497 e. The van der Waals surface area contributed by atoms with Gasteiger partial charge in [0.15, 0.2) is 5.76 Å². The van der Waals surface area contributed by atoms with Crippen molar-refractivity contribution in [3.8, 4) is 17.1 Å². The normalized spacial score (nSPS) is 20.3. The molecule has 1 fully saturated rings. The van der Waals surface area contributed by atoms with E-state index in [9.17, 15) is 4.79 Å². The first-order valence-corrected chi connectivity index (χ1v) is 10.5. The molecule has 6 nitrogen and oxygen atoms in total. The van der Waals surface area contributed by atoms with Crippen LogP contribution in [-0.4, -0.2) is 41.7 Å². The van der Waals surface area contributed by atoms with Crippen molar-refractivity contribution in [2.75, 3.05) is 13.7 Å².